The van der Waals surface area contributed by atoms with Crippen molar-refractivity contribution in [2.24, 2.45) is 4.99 Å². The van der Waals surface area contributed by atoms with Crippen molar-refractivity contribution in [2.45, 2.75) is 4.90 Å². The van der Waals surface area contributed by atoms with Gasteiger partial charge in [0.25, 0.3) is 0 Å². The predicted molar refractivity (Wildman–Crippen MR) is 117 cm³/mol. The SMILES string of the molecule is COc1ccc(C(C=CSc2ccc(Cl)cc2Cl)=Nc2ccccc2)cc1. The van der Waals surface area contributed by atoms with E-state index in [2.05, 4.69) is 0 Å². The molecule has 0 saturated heterocycles. The maximum Gasteiger partial charge on any atom is 0.118 e. The zero-order chi connectivity index (χ0) is 19.1. The lowest BCUT2D eigenvalue weighted by Gasteiger charge is -2.05. The Labute approximate surface area is 173 Å². The van der Waals surface area contributed by atoms with Crippen molar-refractivity contribution in [3.8, 4) is 5.75 Å². The molecule has 0 heterocycles. The number of benzene rings is 3. The highest BCUT2D eigenvalue weighted by molar-refractivity contribution is 8.02. The lowest BCUT2D eigenvalue weighted by atomic mass is 10.1. The summed E-state index contributed by atoms with van der Waals surface area (Å²) in [6.45, 7) is 0. The molecule has 0 radical (unpaired) electrons. The fourth-order valence-corrected chi connectivity index (χ4v) is 3.55. The maximum atomic E-state index is 6.24. The van der Waals surface area contributed by atoms with Crippen LogP contribution in [-0.2, 0) is 0 Å². The van der Waals surface area contributed by atoms with E-state index in [1.54, 1.807) is 13.2 Å². The van der Waals surface area contributed by atoms with Crippen LogP contribution in [0.2, 0.25) is 10.0 Å². The Kier molecular flexibility index (Phi) is 6.99. The summed E-state index contributed by atoms with van der Waals surface area (Å²) in [7, 11) is 1.65. The number of nitrogens with zero attached hydrogens (tertiary/aromatic N) is 1. The van der Waals surface area contributed by atoms with E-state index < -0.39 is 0 Å². The Morgan fingerprint density at radius 2 is 1.70 bits per heavy atom. The lowest BCUT2D eigenvalue weighted by Crippen LogP contribution is -1.96. The second-order valence-corrected chi connectivity index (χ2v) is 7.35. The Hall–Kier alpha value is -2.20. The molecule has 2 nitrogen and oxygen atoms in total. The number of hydrogen-bond acceptors (Lipinski definition) is 3. The first kappa shape index (κ1) is 19.6. The van der Waals surface area contributed by atoms with Crippen molar-refractivity contribution in [1.82, 2.24) is 0 Å². The van der Waals surface area contributed by atoms with Gasteiger partial charge in [-0.15, -0.1) is 0 Å². The van der Waals surface area contributed by atoms with Gasteiger partial charge in [-0.3, -0.25) is 0 Å². The van der Waals surface area contributed by atoms with Gasteiger partial charge in [0.1, 0.15) is 5.75 Å². The molecule has 0 spiro atoms. The van der Waals surface area contributed by atoms with Gasteiger partial charge in [-0.25, -0.2) is 4.99 Å². The molecule has 0 aromatic heterocycles. The maximum absolute atomic E-state index is 6.24. The molecule has 0 aliphatic rings. The lowest BCUT2D eigenvalue weighted by molar-refractivity contribution is 0.415. The van der Waals surface area contributed by atoms with Gasteiger partial charge in [-0.2, -0.15) is 0 Å². The van der Waals surface area contributed by atoms with Gasteiger partial charge in [0.2, 0.25) is 0 Å². The molecule has 5 heteroatoms. The predicted octanol–water partition coefficient (Wildman–Crippen LogP) is 7.43. The highest BCUT2D eigenvalue weighted by atomic mass is 35.5. The van der Waals surface area contributed by atoms with E-state index in [0.717, 1.165) is 27.6 Å². The molecular weight excluding hydrogens is 397 g/mol. The monoisotopic (exact) mass is 413 g/mol. The number of methoxy groups -OCH3 is 1. The summed E-state index contributed by atoms with van der Waals surface area (Å²) in [4.78, 5) is 5.71. The molecule has 0 unspecified atom stereocenters. The van der Waals surface area contributed by atoms with Crippen LogP contribution in [0, 0.1) is 0 Å². The number of ether oxygens (including phenoxy) is 1. The molecule has 0 atom stereocenters. The number of allylic oxidation sites excluding steroid dienone is 1. The van der Waals surface area contributed by atoms with Crippen molar-refractivity contribution >= 4 is 46.4 Å². The third kappa shape index (κ3) is 5.64. The van der Waals surface area contributed by atoms with Gasteiger partial charge in [-0.1, -0.05) is 53.2 Å². The van der Waals surface area contributed by atoms with E-state index in [1.165, 1.54) is 11.8 Å². The second-order valence-electron chi connectivity index (χ2n) is 5.56. The van der Waals surface area contributed by atoms with E-state index in [0.29, 0.717) is 10.0 Å². The molecule has 0 bridgehead atoms. The Morgan fingerprint density at radius 3 is 2.37 bits per heavy atom. The highest BCUT2D eigenvalue weighted by Gasteiger charge is 2.03. The molecule has 0 aliphatic heterocycles. The number of aliphatic imine (C=N–C) groups is 1. The molecule has 0 N–H and O–H groups in total. The minimum atomic E-state index is 0.623. The van der Waals surface area contributed by atoms with Gasteiger partial charge in [0.05, 0.1) is 23.5 Å². The Morgan fingerprint density at radius 1 is 0.963 bits per heavy atom. The summed E-state index contributed by atoms with van der Waals surface area (Å²) in [6, 6.07) is 23.2. The zero-order valence-electron chi connectivity index (χ0n) is 14.6. The van der Waals surface area contributed by atoms with E-state index in [9.17, 15) is 0 Å². The molecule has 0 aliphatic carbocycles. The van der Waals surface area contributed by atoms with Crippen LogP contribution in [0.4, 0.5) is 5.69 Å². The van der Waals surface area contributed by atoms with Crippen LogP contribution in [0.15, 0.2) is 94.2 Å². The fraction of sp³-hybridized carbons (Fsp3) is 0.0455. The van der Waals surface area contributed by atoms with Crippen LogP contribution in [0.3, 0.4) is 0 Å². The van der Waals surface area contributed by atoms with Crippen LogP contribution in [0.1, 0.15) is 5.56 Å². The average Bonchev–Trinajstić information content (AvgIpc) is 2.70. The summed E-state index contributed by atoms with van der Waals surface area (Å²) in [5, 5.41) is 3.22. The average molecular weight is 414 g/mol. The first-order valence-electron chi connectivity index (χ1n) is 8.22. The largest absolute Gasteiger partial charge is 0.497 e. The molecule has 3 aromatic carbocycles. The van der Waals surface area contributed by atoms with E-state index in [-0.39, 0.29) is 0 Å². The molecule has 0 saturated carbocycles. The Balaban J connectivity index is 1.88. The smallest absolute Gasteiger partial charge is 0.118 e. The van der Waals surface area contributed by atoms with Crippen molar-refractivity contribution in [3.63, 3.8) is 0 Å². The van der Waals surface area contributed by atoms with Gasteiger partial charge < -0.3 is 4.74 Å². The first-order chi connectivity index (χ1) is 13.2. The van der Waals surface area contributed by atoms with Gasteiger partial charge in [-0.05, 0) is 66.1 Å². The van der Waals surface area contributed by atoms with Crippen LogP contribution in [0.25, 0.3) is 0 Å². The van der Waals surface area contributed by atoms with E-state index >= 15 is 0 Å². The fourth-order valence-electron chi connectivity index (χ4n) is 2.34. The van der Waals surface area contributed by atoms with Crippen LogP contribution in [0.5, 0.6) is 5.75 Å². The van der Waals surface area contributed by atoms with Crippen molar-refractivity contribution < 1.29 is 4.74 Å². The standard InChI is InChI=1S/C22H17Cl2NOS/c1-26-19-10-7-16(8-11-19)21(25-18-5-3-2-4-6-18)13-14-27-22-12-9-17(23)15-20(22)24/h2-15H,1H3. The van der Waals surface area contributed by atoms with Crippen LogP contribution < -0.4 is 4.74 Å². The number of thioether (sulfide) groups is 1. The molecule has 27 heavy (non-hydrogen) atoms. The van der Waals surface area contributed by atoms with Crippen LogP contribution >= 0.6 is 35.0 Å². The quantitative estimate of drug-likeness (QED) is 0.309. The highest BCUT2D eigenvalue weighted by Crippen LogP contribution is 2.30. The second kappa shape index (κ2) is 9.65. The number of hydrogen-bond donors (Lipinski definition) is 0. The van der Waals surface area contributed by atoms with Crippen LogP contribution in [-0.4, -0.2) is 12.8 Å². The van der Waals surface area contributed by atoms with Crippen molar-refractivity contribution in [2.75, 3.05) is 7.11 Å². The molecular formula is C22H17Cl2NOS. The summed E-state index contributed by atoms with van der Waals surface area (Å²) in [5.41, 5.74) is 2.74. The third-order valence-electron chi connectivity index (χ3n) is 3.71. The number of halogens is 2. The van der Waals surface area contributed by atoms with Gasteiger partial charge in [0.15, 0.2) is 0 Å². The zero-order valence-corrected chi connectivity index (χ0v) is 16.9. The molecule has 0 fully saturated rings. The van der Waals surface area contributed by atoms with Crippen molar-refractivity contribution in [3.05, 3.63) is 99.9 Å². The van der Waals surface area contributed by atoms with E-state index in [4.69, 9.17) is 32.9 Å². The summed E-state index contributed by atoms with van der Waals surface area (Å²) >= 11 is 13.7. The minimum absolute atomic E-state index is 0.623. The first-order valence-corrected chi connectivity index (χ1v) is 9.86. The Bertz CT molecular complexity index is 954. The van der Waals surface area contributed by atoms with E-state index in [1.807, 2.05) is 78.2 Å². The van der Waals surface area contributed by atoms with Gasteiger partial charge in [0, 0.05) is 15.5 Å². The number of rotatable bonds is 6. The molecule has 0 amide bonds. The summed E-state index contributed by atoms with van der Waals surface area (Å²) in [6.07, 6.45) is 1.98. The topological polar surface area (TPSA) is 21.6 Å². The summed E-state index contributed by atoms with van der Waals surface area (Å²) in [5.74, 6) is 0.809. The molecule has 136 valence electrons. The molecule has 3 aromatic rings. The third-order valence-corrected chi connectivity index (χ3v) is 5.25. The summed E-state index contributed by atoms with van der Waals surface area (Å²) < 4.78 is 5.24. The molecule has 3 rings (SSSR count). The minimum Gasteiger partial charge on any atom is -0.497 e. The number of para-hydroxylation sites is 1. The van der Waals surface area contributed by atoms with Crippen molar-refractivity contribution in [1.29, 1.82) is 0 Å². The van der Waals surface area contributed by atoms with Gasteiger partial charge >= 0.3 is 0 Å². The normalized spacial score (nSPS) is 11.7.